The zero-order valence-corrected chi connectivity index (χ0v) is 14.9. The van der Waals surface area contributed by atoms with E-state index < -0.39 is 24.0 Å². The smallest absolute Gasteiger partial charge is 0.330 e. The van der Waals surface area contributed by atoms with E-state index in [2.05, 4.69) is 5.32 Å². The van der Waals surface area contributed by atoms with E-state index in [0.717, 1.165) is 25.7 Å². The number of rotatable bonds is 7. The van der Waals surface area contributed by atoms with Gasteiger partial charge in [0.1, 0.15) is 11.9 Å². The van der Waals surface area contributed by atoms with Crippen molar-refractivity contribution in [2.75, 3.05) is 7.11 Å². The summed E-state index contributed by atoms with van der Waals surface area (Å²) >= 11 is 0. The van der Waals surface area contributed by atoms with Crippen molar-refractivity contribution in [1.29, 1.82) is 0 Å². The fourth-order valence-electron chi connectivity index (χ4n) is 3.07. The van der Waals surface area contributed by atoms with Crippen LogP contribution in [0.15, 0.2) is 24.3 Å². The molecule has 0 heterocycles. The van der Waals surface area contributed by atoms with Gasteiger partial charge in [-0.1, -0.05) is 37.8 Å². The Morgan fingerprint density at radius 1 is 1.12 bits per heavy atom. The molecule has 1 aliphatic rings. The fourth-order valence-corrected chi connectivity index (χ4v) is 3.07. The number of carboxylic acid groups (broad SMARTS) is 1. The minimum absolute atomic E-state index is 0.0764. The average Bonchev–Trinajstić information content (AvgIpc) is 2.88. The Bertz CT molecular complexity index is 564. The van der Waals surface area contributed by atoms with Gasteiger partial charge < -0.3 is 19.9 Å². The van der Waals surface area contributed by atoms with E-state index in [-0.39, 0.29) is 6.10 Å². The summed E-state index contributed by atoms with van der Waals surface area (Å²) in [6.07, 6.45) is 5.95. The predicted octanol–water partition coefficient (Wildman–Crippen LogP) is 3.07. The fraction of sp³-hybridized carbons (Fsp3) is 0.579. The number of benzene rings is 1. The van der Waals surface area contributed by atoms with Crippen molar-refractivity contribution in [3.05, 3.63) is 29.8 Å². The Morgan fingerprint density at radius 2 is 1.72 bits per heavy atom. The molecule has 0 spiro atoms. The van der Waals surface area contributed by atoms with Gasteiger partial charge in [0.25, 0.3) is 0 Å². The molecule has 1 aromatic carbocycles. The van der Waals surface area contributed by atoms with E-state index in [1.165, 1.54) is 20.0 Å². The van der Waals surface area contributed by atoms with Gasteiger partial charge in [-0.15, -0.1) is 0 Å². The lowest BCUT2D eigenvalue weighted by molar-refractivity contribution is -0.145. The summed E-state index contributed by atoms with van der Waals surface area (Å²) in [4.78, 5) is 24.0. The molecule has 0 radical (unpaired) electrons. The molecule has 1 aliphatic carbocycles. The standard InChI is InChI=1S/C19H27NO5/c1-13(25-16-7-5-3-4-6-8-16)18(21)20-17(19(22)23)14-9-11-15(24-2)12-10-14/h9-13,16-17H,3-8H2,1-2H3,(H,20,21)(H,22,23). The highest BCUT2D eigenvalue weighted by Crippen LogP contribution is 2.22. The van der Waals surface area contributed by atoms with Crippen LogP contribution in [0.1, 0.15) is 57.1 Å². The van der Waals surface area contributed by atoms with E-state index in [1.807, 2.05) is 0 Å². The highest BCUT2D eigenvalue weighted by atomic mass is 16.5. The van der Waals surface area contributed by atoms with Crippen LogP contribution in [0.2, 0.25) is 0 Å². The first-order valence-electron chi connectivity index (χ1n) is 8.84. The number of aliphatic carboxylic acids is 1. The summed E-state index contributed by atoms with van der Waals surface area (Å²) in [5, 5.41) is 12.0. The van der Waals surface area contributed by atoms with Crippen LogP contribution in [0.5, 0.6) is 5.75 Å². The van der Waals surface area contributed by atoms with Gasteiger partial charge in [0.2, 0.25) is 5.91 Å². The molecule has 0 bridgehead atoms. The van der Waals surface area contributed by atoms with E-state index in [4.69, 9.17) is 9.47 Å². The second kappa shape index (κ2) is 9.42. The van der Waals surface area contributed by atoms with Crippen LogP contribution in [0.3, 0.4) is 0 Å². The number of hydrogen-bond donors (Lipinski definition) is 2. The van der Waals surface area contributed by atoms with Crippen molar-refractivity contribution in [2.45, 2.75) is 63.7 Å². The molecule has 2 atom stereocenters. The Morgan fingerprint density at radius 3 is 2.24 bits per heavy atom. The largest absolute Gasteiger partial charge is 0.497 e. The maximum Gasteiger partial charge on any atom is 0.330 e. The molecular formula is C19H27NO5. The molecule has 138 valence electrons. The molecule has 0 aliphatic heterocycles. The van der Waals surface area contributed by atoms with Crippen LogP contribution < -0.4 is 10.1 Å². The second-order valence-corrected chi connectivity index (χ2v) is 6.44. The number of ether oxygens (including phenoxy) is 2. The molecule has 6 heteroatoms. The summed E-state index contributed by atoms with van der Waals surface area (Å²) < 4.78 is 10.9. The number of amides is 1. The van der Waals surface area contributed by atoms with Gasteiger partial charge in [0.15, 0.2) is 6.04 Å². The summed E-state index contributed by atoms with van der Waals surface area (Å²) in [6, 6.07) is 5.49. The van der Waals surface area contributed by atoms with Crippen LogP contribution in [0.25, 0.3) is 0 Å². The quantitative estimate of drug-likeness (QED) is 0.739. The highest BCUT2D eigenvalue weighted by Gasteiger charge is 2.26. The third-order valence-corrected chi connectivity index (χ3v) is 4.55. The summed E-state index contributed by atoms with van der Waals surface area (Å²) in [6.45, 7) is 1.67. The van der Waals surface area contributed by atoms with Gasteiger partial charge in [0.05, 0.1) is 13.2 Å². The van der Waals surface area contributed by atoms with Crippen LogP contribution in [0, 0.1) is 0 Å². The molecule has 2 unspecified atom stereocenters. The number of hydrogen-bond acceptors (Lipinski definition) is 4. The average molecular weight is 349 g/mol. The molecule has 1 aromatic rings. The molecule has 0 aromatic heterocycles. The van der Waals surface area contributed by atoms with Crippen molar-refractivity contribution in [2.24, 2.45) is 0 Å². The van der Waals surface area contributed by atoms with Crippen molar-refractivity contribution >= 4 is 11.9 Å². The van der Waals surface area contributed by atoms with Crippen molar-refractivity contribution < 1.29 is 24.2 Å². The lowest BCUT2D eigenvalue weighted by atomic mass is 10.1. The van der Waals surface area contributed by atoms with Gasteiger partial charge in [0, 0.05) is 0 Å². The molecule has 1 amide bonds. The maximum atomic E-state index is 12.4. The van der Waals surface area contributed by atoms with Crippen LogP contribution in [-0.4, -0.2) is 36.3 Å². The van der Waals surface area contributed by atoms with Crippen LogP contribution >= 0.6 is 0 Å². The first-order valence-corrected chi connectivity index (χ1v) is 8.84. The summed E-state index contributed by atoms with van der Waals surface area (Å²) in [7, 11) is 1.54. The molecular weight excluding hydrogens is 322 g/mol. The van der Waals surface area contributed by atoms with E-state index >= 15 is 0 Å². The molecule has 25 heavy (non-hydrogen) atoms. The monoisotopic (exact) mass is 349 g/mol. The summed E-state index contributed by atoms with van der Waals surface area (Å²) in [5.41, 5.74) is 0.489. The van der Waals surface area contributed by atoms with Crippen molar-refractivity contribution in [3.8, 4) is 5.75 Å². The van der Waals surface area contributed by atoms with Gasteiger partial charge in [-0.25, -0.2) is 4.79 Å². The highest BCUT2D eigenvalue weighted by molar-refractivity contribution is 5.86. The minimum Gasteiger partial charge on any atom is -0.497 e. The molecule has 6 nitrogen and oxygen atoms in total. The molecule has 1 saturated carbocycles. The number of carbonyl (C=O) groups excluding carboxylic acids is 1. The predicted molar refractivity (Wildman–Crippen MR) is 93.6 cm³/mol. The molecule has 2 rings (SSSR count). The van der Waals surface area contributed by atoms with Gasteiger partial charge in [-0.3, -0.25) is 4.79 Å². The van der Waals surface area contributed by atoms with Crippen molar-refractivity contribution in [1.82, 2.24) is 5.32 Å². The Balaban J connectivity index is 1.97. The zero-order chi connectivity index (χ0) is 18.2. The zero-order valence-electron chi connectivity index (χ0n) is 14.9. The lowest BCUT2D eigenvalue weighted by Crippen LogP contribution is -2.41. The SMILES string of the molecule is COc1ccc(C(NC(=O)C(C)OC2CCCCCC2)C(=O)O)cc1. The topological polar surface area (TPSA) is 84.9 Å². The van der Waals surface area contributed by atoms with Crippen molar-refractivity contribution in [3.63, 3.8) is 0 Å². The Kier molecular flexibility index (Phi) is 7.25. The first kappa shape index (κ1) is 19.2. The number of carbonyl (C=O) groups is 2. The number of carboxylic acids is 1. The maximum absolute atomic E-state index is 12.4. The molecule has 2 N–H and O–H groups in total. The molecule has 0 saturated heterocycles. The summed E-state index contributed by atoms with van der Waals surface area (Å²) in [5.74, 6) is -0.892. The normalized spacial score (nSPS) is 18.0. The third kappa shape index (κ3) is 5.74. The number of methoxy groups -OCH3 is 1. The lowest BCUT2D eigenvalue weighted by Gasteiger charge is -2.22. The van der Waals surface area contributed by atoms with E-state index in [9.17, 15) is 14.7 Å². The number of nitrogens with one attached hydrogen (secondary N) is 1. The van der Waals surface area contributed by atoms with Gasteiger partial charge in [-0.2, -0.15) is 0 Å². The first-order chi connectivity index (χ1) is 12.0. The molecule has 1 fully saturated rings. The van der Waals surface area contributed by atoms with Crippen LogP contribution in [0.4, 0.5) is 0 Å². The second-order valence-electron chi connectivity index (χ2n) is 6.44. The Labute approximate surface area is 148 Å². The van der Waals surface area contributed by atoms with Gasteiger partial charge in [-0.05, 0) is 37.5 Å². The third-order valence-electron chi connectivity index (χ3n) is 4.55. The van der Waals surface area contributed by atoms with Crippen LogP contribution in [-0.2, 0) is 14.3 Å². The van der Waals surface area contributed by atoms with Gasteiger partial charge >= 0.3 is 5.97 Å². The van der Waals surface area contributed by atoms with E-state index in [1.54, 1.807) is 31.2 Å². The van der Waals surface area contributed by atoms with E-state index in [0.29, 0.717) is 11.3 Å². The Hall–Kier alpha value is -2.08. The minimum atomic E-state index is -1.11.